The molecule has 232 valence electrons. The van der Waals surface area contributed by atoms with Crippen LogP contribution in [0.3, 0.4) is 0 Å². The van der Waals surface area contributed by atoms with Gasteiger partial charge in [0.05, 0.1) is 26.8 Å². The van der Waals surface area contributed by atoms with Crippen LogP contribution in [0.2, 0.25) is 0 Å². The Hall–Kier alpha value is -4.22. The highest BCUT2D eigenvalue weighted by molar-refractivity contribution is 7.85. The summed E-state index contributed by atoms with van der Waals surface area (Å²) in [6.07, 6.45) is -10.4. The number of para-hydroxylation sites is 1. The average molecular weight is 760 g/mol. The van der Waals surface area contributed by atoms with Crippen molar-refractivity contribution in [3.63, 3.8) is 0 Å². The zero-order valence-corrected chi connectivity index (χ0v) is 25.0. The van der Waals surface area contributed by atoms with Crippen molar-refractivity contribution < 1.29 is 69.4 Å². The van der Waals surface area contributed by atoms with Crippen molar-refractivity contribution in [1.82, 2.24) is 0 Å². The fraction of sp³-hybridized carbons (Fsp3) is 0.0667. The maximum Gasteiger partial charge on any atom is 0.416 e. The maximum atomic E-state index is 12.8. The number of alkyl halides is 6. The van der Waals surface area contributed by atoms with E-state index >= 15 is 0 Å². The molecule has 4 aromatic carbocycles. The highest BCUT2D eigenvalue weighted by Gasteiger charge is 2.37. The first kappa shape index (κ1) is 32.2. The molecule has 0 aliphatic heterocycles. The SMILES string of the molecule is O=S(=O)([O-])c1cc(C(F)(F)F)cc(C(F)(F)F)c1.O=c1ccc2ccc([I+]c3ccc4oc5ccccc5c(=O)c4c3)cc2o1. The minimum atomic E-state index is -5.42. The Morgan fingerprint density at radius 1 is 0.622 bits per heavy atom. The van der Waals surface area contributed by atoms with E-state index in [0.29, 0.717) is 27.5 Å². The van der Waals surface area contributed by atoms with Gasteiger partial charge in [0.2, 0.25) is 5.43 Å². The summed E-state index contributed by atoms with van der Waals surface area (Å²) in [7, 11) is -5.42. The molecule has 0 spiro atoms. The predicted octanol–water partition coefficient (Wildman–Crippen LogP) is 3.81. The fourth-order valence-electron chi connectivity index (χ4n) is 4.12. The highest BCUT2D eigenvalue weighted by atomic mass is 127. The molecule has 0 unspecified atom stereocenters. The van der Waals surface area contributed by atoms with Gasteiger partial charge in [-0.1, -0.05) is 12.1 Å². The van der Waals surface area contributed by atoms with E-state index in [4.69, 9.17) is 8.83 Å². The van der Waals surface area contributed by atoms with Crippen molar-refractivity contribution in [1.29, 1.82) is 0 Å². The molecule has 0 bridgehead atoms. The van der Waals surface area contributed by atoms with Gasteiger partial charge in [0.15, 0.2) is 7.14 Å². The van der Waals surface area contributed by atoms with Crippen LogP contribution in [0, 0.1) is 7.14 Å². The molecule has 6 aromatic rings. The van der Waals surface area contributed by atoms with E-state index in [1.807, 2.05) is 48.5 Å². The van der Waals surface area contributed by atoms with Crippen LogP contribution >= 0.6 is 0 Å². The van der Waals surface area contributed by atoms with Crippen LogP contribution in [0.15, 0.2) is 114 Å². The number of halogens is 7. The molecule has 0 amide bonds. The van der Waals surface area contributed by atoms with Crippen LogP contribution < -0.4 is 32.3 Å². The molecule has 2 heterocycles. The number of benzene rings is 4. The lowest BCUT2D eigenvalue weighted by Gasteiger charge is -2.15. The second-order valence-corrected chi connectivity index (χ2v) is 13.7. The second-order valence-electron chi connectivity index (χ2n) is 9.29. The Morgan fingerprint density at radius 2 is 1.20 bits per heavy atom. The minimum Gasteiger partial charge on any atom is -0.744 e. The zero-order valence-electron chi connectivity index (χ0n) is 22.1. The molecule has 0 aliphatic rings. The lowest BCUT2D eigenvalue weighted by Crippen LogP contribution is -3.61. The summed E-state index contributed by atoms with van der Waals surface area (Å²) >= 11 is -0.530. The fourth-order valence-corrected chi connectivity index (χ4v) is 7.01. The normalized spacial score (nSPS) is 12.3. The van der Waals surface area contributed by atoms with E-state index in [1.54, 1.807) is 18.2 Å². The summed E-state index contributed by atoms with van der Waals surface area (Å²) in [5.41, 5.74) is -2.29. The summed E-state index contributed by atoms with van der Waals surface area (Å²) in [4.78, 5) is 22.7. The molecule has 0 fully saturated rings. The van der Waals surface area contributed by atoms with Gasteiger partial charge in [0, 0.05) is 23.6 Å². The van der Waals surface area contributed by atoms with Crippen molar-refractivity contribution in [3.05, 3.63) is 130 Å². The van der Waals surface area contributed by atoms with E-state index in [-0.39, 0.29) is 29.3 Å². The molecule has 7 nitrogen and oxygen atoms in total. The third-order valence-electron chi connectivity index (χ3n) is 6.19. The molecule has 0 radical (unpaired) electrons. The molecule has 0 N–H and O–H groups in total. The second kappa shape index (κ2) is 11.9. The van der Waals surface area contributed by atoms with Gasteiger partial charge in [-0.25, -0.2) is 13.2 Å². The first-order chi connectivity index (χ1) is 21.0. The Morgan fingerprint density at radius 3 is 1.84 bits per heavy atom. The first-order valence-electron chi connectivity index (χ1n) is 12.4. The maximum absolute atomic E-state index is 12.8. The summed E-state index contributed by atoms with van der Waals surface area (Å²) in [5.74, 6) is 0. The third-order valence-corrected chi connectivity index (χ3v) is 9.59. The van der Waals surface area contributed by atoms with Gasteiger partial charge in [0.25, 0.3) is 0 Å². The molecule has 45 heavy (non-hydrogen) atoms. The quantitative estimate of drug-likeness (QED) is 0.0886. The number of fused-ring (bicyclic) bond motifs is 3. The van der Waals surface area contributed by atoms with Crippen molar-refractivity contribution in [2.75, 3.05) is 0 Å². The van der Waals surface area contributed by atoms with Crippen LogP contribution in [0.4, 0.5) is 26.3 Å². The van der Waals surface area contributed by atoms with E-state index < -0.39 is 59.7 Å². The minimum absolute atomic E-state index is 0.0118. The monoisotopic (exact) mass is 760 g/mol. The van der Waals surface area contributed by atoms with Crippen LogP contribution in [0.5, 0.6) is 0 Å². The molecule has 2 aromatic heterocycles. The van der Waals surface area contributed by atoms with E-state index in [2.05, 4.69) is 0 Å². The number of hydrogen-bond donors (Lipinski definition) is 0. The van der Waals surface area contributed by atoms with Gasteiger partial charge < -0.3 is 13.4 Å². The van der Waals surface area contributed by atoms with Crippen molar-refractivity contribution >= 4 is 43.0 Å². The van der Waals surface area contributed by atoms with E-state index in [9.17, 15) is 48.9 Å². The highest BCUT2D eigenvalue weighted by Crippen LogP contribution is 2.37. The van der Waals surface area contributed by atoms with Gasteiger partial charge >= 0.3 is 39.2 Å². The molecule has 6 rings (SSSR count). The van der Waals surface area contributed by atoms with Crippen LogP contribution in [0.1, 0.15) is 11.1 Å². The standard InChI is InChI=1S/C22H12IO4.C8H4F6O3S/c24-21-10-6-13-5-7-15(12-20(13)27-21)23-14-8-9-19-17(11-14)22(25)16-3-1-2-4-18(16)26-19;9-7(10,11)4-1-5(8(12,13)14)3-6(2-4)18(15,16)17/h1-12H;1-3H,(H,15,16,17)/q+1;/p-1. The Balaban J connectivity index is 0.000000195. The van der Waals surface area contributed by atoms with Crippen LogP contribution in [0.25, 0.3) is 32.9 Å². The molecular formula is C30H15F6IO7S. The molecule has 0 atom stereocenters. The summed E-state index contributed by atoms with van der Waals surface area (Å²) in [5, 5.41) is 2.08. The van der Waals surface area contributed by atoms with E-state index in [0.717, 1.165) is 12.5 Å². The smallest absolute Gasteiger partial charge is 0.416 e. The van der Waals surface area contributed by atoms with Crippen LogP contribution in [-0.4, -0.2) is 13.0 Å². The van der Waals surface area contributed by atoms with E-state index in [1.165, 1.54) is 6.07 Å². The topological polar surface area (TPSA) is 118 Å². The Bertz CT molecular complexity index is 2280. The third kappa shape index (κ3) is 7.37. The molecule has 0 saturated heterocycles. The van der Waals surface area contributed by atoms with Crippen molar-refractivity contribution in [2.24, 2.45) is 0 Å². The molecule has 0 aliphatic carbocycles. The molecule has 0 saturated carbocycles. The lowest BCUT2D eigenvalue weighted by molar-refractivity contribution is -0.597. The van der Waals surface area contributed by atoms with Gasteiger partial charge in [-0.05, 0) is 60.7 Å². The van der Waals surface area contributed by atoms with Gasteiger partial charge in [-0.2, -0.15) is 26.3 Å². The summed E-state index contributed by atoms with van der Waals surface area (Å²) in [6.45, 7) is 0. The molecule has 15 heteroatoms. The largest absolute Gasteiger partial charge is 0.744 e. The van der Waals surface area contributed by atoms with Gasteiger partial charge in [-0.3, -0.25) is 4.79 Å². The Kier molecular flexibility index (Phi) is 8.54. The zero-order chi connectivity index (χ0) is 32.7. The van der Waals surface area contributed by atoms with Gasteiger partial charge in [0.1, 0.15) is 26.9 Å². The predicted molar refractivity (Wildman–Crippen MR) is 144 cm³/mol. The average Bonchev–Trinajstić information content (AvgIpc) is 2.96. The Labute approximate surface area is 258 Å². The van der Waals surface area contributed by atoms with Crippen molar-refractivity contribution in [3.8, 4) is 0 Å². The number of hydrogen-bond acceptors (Lipinski definition) is 7. The number of rotatable bonds is 3. The van der Waals surface area contributed by atoms with Crippen LogP contribution in [-0.2, 0) is 22.5 Å². The molecular weight excluding hydrogens is 745 g/mol. The first-order valence-corrected chi connectivity index (χ1v) is 16.0. The lowest BCUT2D eigenvalue weighted by atomic mass is 10.1. The van der Waals surface area contributed by atoms with Gasteiger partial charge in [-0.15, -0.1) is 0 Å². The van der Waals surface area contributed by atoms with Crippen molar-refractivity contribution in [2.45, 2.75) is 17.2 Å². The summed E-state index contributed by atoms with van der Waals surface area (Å²) in [6, 6.07) is 21.6. The summed E-state index contributed by atoms with van der Waals surface area (Å²) < 4.78 is 118.